The van der Waals surface area contributed by atoms with E-state index in [0.29, 0.717) is 6.54 Å². The number of nitriles is 1. The Balaban J connectivity index is 1.86. The van der Waals surface area contributed by atoms with Crippen molar-refractivity contribution in [2.45, 2.75) is 13.8 Å². The molecule has 0 spiro atoms. The molecule has 1 aromatic carbocycles. The quantitative estimate of drug-likeness (QED) is 0.471. The van der Waals surface area contributed by atoms with E-state index < -0.39 is 5.91 Å². The predicted octanol–water partition coefficient (Wildman–Crippen LogP) is 1.57. The van der Waals surface area contributed by atoms with Crippen LogP contribution >= 0.6 is 0 Å². The Hall–Kier alpha value is -2.36. The monoisotopic (exact) mass is 328 g/mol. The van der Waals surface area contributed by atoms with Crippen LogP contribution in [-0.2, 0) is 9.53 Å². The lowest BCUT2D eigenvalue weighted by atomic mass is 10.1. The van der Waals surface area contributed by atoms with Crippen molar-refractivity contribution in [2.75, 3.05) is 44.7 Å². The number of aryl methyl sites for hydroxylation is 1. The van der Waals surface area contributed by atoms with Gasteiger partial charge in [0.1, 0.15) is 11.6 Å². The van der Waals surface area contributed by atoms with E-state index in [1.54, 1.807) is 0 Å². The normalized spacial score (nSPS) is 15.6. The van der Waals surface area contributed by atoms with Gasteiger partial charge < -0.3 is 15.4 Å². The molecule has 0 radical (unpaired) electrons. The standard InChI is InChI=1S/C18H24N4O2/c1-14-4-3-5-17(15(14)2)21-18(23)16(12-19)13-20-6-7-22-8-10-24-11-9-22/h3-5,13,20H,6-11H2,1-2H3,(H,21,23)/b16-13-. The van der Waals surface area contributed by atoms with Crippen molar-refractivity contribution >= 4 is 11.6 Å². The highest BCUT2D eigenvalue weighted by Gasteiger charge is 2.12. The zero-order valence-corrected chi connectivity index (χ0v) is 14.3. The van der Waals surface area contributed by atoms with Gasteiger partial charge in [-0.15, -0.1) is 0 Å². The highest BCUT2D eigenvalue weighted by Crippen LogP contribution is 2.18. The van der Waals surface area contributed by atoms with E-state index >= 15 is 0 Å². The fourth-order valence-corrected chi connectivity index (χ4v) is 2.45. The van der Waals surface area contributed by atoms with Gasteiger partial charge in [-0.25, -0.2) is 0 Å². The third-order valence-electron chi connectivity index (χ3n) is 4.14. The molecular formula is C18H24N4O2. The van der Waals surface area contributed by atoms with E-state index in [2.05, 4.69) is 15.5 Å². The van der Waals surface area contributed by atoms with Crippen LogP contribution in [0.5, 0.6) is 0 Å². The summed E-state index contributed by atoms with van der Waals surface area (Å²) in [5, 5.41) is 15.0. The predicted molar refractivity (Wildman–Crippen MR) is 93.5 cm³/mol. The van der Waals surface area contributed by atoms with Crippen LogP contribution in [0.25, 0.3) is 0 Å². The van der Waals surface area contributed by atoms with Gasteiger partial charge in [-0.05, 0) is 31.0 Å². The summed E-state index contributed by atoms with van der Waals surface area (Å²) in [6.07, 6.45) is 1.49. The molecular weight excluding hydrogens is 304 g/mol. The van der Waals surface area contributed by atoms with Gasteiger partial charge in [0.15, 0.2) is 0 Å². The van der Waals surface area contributed by atoms with Crippen LogP contribution in [0, 0.1) is 25.2 Å². The highest BCUT2D eigenvalue weighted by molar-refractivity contribution is 6.06. The second-order valence-electron chi connectivity index (χ2n) is 5.78. The number of carbonyl (C=O) groups is 1. The summed E-state index contributed by atoms with van der Waals surface area (Å²) in [5.74, 6) is -0.398. The molecule has 1 amide bonds. The number of morpholine rings is 1. The van der Waals surface area contributed by atoms with Crippen molar-refractivity contribution in [3.8, 4) is 6.07 Å². The molecule has 24 heavy (non-hydrogen) atoms. The molecule has 6 nitrogen and oxygen atoms in total. The lowest BCUT2D eigenvalue weighted by Crippen LogP contribution is -2.39. The number of hydrogen-bond acceptors (Lipinski definition) is 5. The number of amides is 1. The van der Waals surface area contributed by atoms with Gasteiger partial charge in [0.2, 0.25) is 0 Å². The number of nitrogens with one attached hydrogen (secondary N) is 2. The smallest absolute Gasteiger partial charge is 0.267 e. The molecule has 6 heteroatoms. The molecule has 0 unspecified atom stereocenters. The first-order valence-electron chi connectivity index (χ1n) is 8.13. The van der Waals surface area contributed by atoms with Gasteiger partial charge in [-0.3, -0.25) is 9.69 Å². The third-order valence-corrected chi connectivity index (χ3v) is 4.14. The van der Waals surface area contributed by atoms with E-state index in [-0.39, 0.29) is 5.57 Å². The minimum absolute atomic E-state index is 0.0675. The number of hydrogen-bond donors (Lipinski definition) is 2. The highest BCUT2D eigenvalue weighted by atomic mass is 16.5. The van der Waals surface area contributed by atoms with Crippen molar-refractivity contribution in [1.29, 1.82) is 5.26 Å². The lowest BCUT2D eigenvalue weighted by Gasteiger charge is -2.26. The Morgan fingerprint density at radius 1 is 1.38 bits per heavy atom. The number of rotatable bonds is 6. The molecule has 1 saturated heterocycles. The minimum Gasteiger partial charge on any atom is -0.388 e. The Bertz CT molecular complexity index is 643. The molecule has 1 fully saturated rings. The van der Waals surface area contributed by atoms with Crippen molar-refractivity contribution in [3.05, 3.63) is 41.1 Å². The van der Waals surface area contributed by atoms with Crippen LogP contribution in [0.3, 0.4) is 0 Å². The second-order valence-corrected chi connectivity index (χ2v) is 5.78. The fraction of sp³-hybridized carbons (Fsp3) is 0.444. The third kappa shape index (κ3) is 5.08. The maximum Gasteiger partial charge on any atom is 0.267 e. The Morgan fingerprint density at radius 3 is 2.83 bits per heavy atom. The molecule has 128 valence electrons. The first-order valence-corrected chi connectivity index (χ1v) is 8.13. The number of carbonyl (C=O) groups excluding carboxylic acids is 1. The lowest BCUT2D eigenvalue weighted by molar-refractivity contribution is -0.112. The minimum atomic E-state index is -0.398. The molecule has 0 bridgehead atoms. The number of nitrogens with zero attached hydrogens (tertiary/aromatic N) is 2. The number of anilines is 1. The van der Waals surface area contributed by atoms with Crippen molar-refractivity contribution < 1.29 is 9.53 Å². The van der Waals surface area contributed by atoms with Crippen LogP contribution in [0.4, 0.5) is 5.69 Å². The number of ether oxygens (including phenoxy) is 1. The van der Waals surface area contributed by atoms with E-state index in [4.69, 9.17) is 4.74 Å². The van der Waals surface area contributed by atoms with E-state index in [9.17, 15) is 10.1 Å². The average molecular weight is 328 g/mol. The molecule has 0 atom stereocenters. The van der Waals surface area contributed by atoms with Crippen LogP contribution in [-0.4, -0.2) is 50.2 Å². The van der Waals surface area contributed by atoms with Crippen LogP contribution in [0.2, 0.25) is 0 Å². The fourth-order valence-electron chi connectivity index (χ4n) is 2.45. The summed E-state index contributed by atoms with van der Waals surface area (Å²) in [6, 6.07) is 7.65. The summed E-state index contributed by atoms with van der Waals surface area (Å²) >= 11 is 0. The molecule has 2 N–H and O–H groups in total. The molecule has 0 saturated carbocycles. The molecule has 0 aliphatic carbocycles. The van der Waals surface area contributed by atoms with Crippen LogP contribution in [0.15, 0.2) is 30.0 Å². The summed E-state index contributed by atoms with van der Waals surface area (Å²) in [6.45, 7) is 8.84. The van der Waals surface area contributed by atoms with E-state index in [1.165, 1.54) is 6.20 Å². The summed E-state index contributed by atoms with van der Waals surface area (Å²) in [5.41, 5.74) is 2.90. The van der Waals surface area contributed by atoms with Gasteiger partial charge in [-0.1, -0.05) is 12.1 Å². The molecule has 0 aromatic heterocycles. The van der Waals surface area contributed by atoms with Crippen molar-refractivity contribution in [2.24, 2.45) is 0 Å². The Kier molecular flexibility index (Phi) is 6.79. The Morgan fingerprint density at radius 2 is 2.12 bits per heavy atom. The van der Waals surface area contributed by atoms with Crippen LogP contribution in [0.1, 0.15) is 11.1 Å². The van der Waals surface area contributed by atoms with Gasteiger partial charge >= 0.3 is 0 Å². The largest absolute Gasteiger partial charge is 0.388 e. The SMILES string of the molecule is Cc1cccc(NC(=O)/C(C#N)=C\NCCN2CCOCC2)c1C. The summed E-state index contributed by atoms with van der Waals surface area (Å²) < 4.78 is 5.30. The Labute approximate surface area is 143 Å². The molecule has 1 aliphatic rings. The van der Waals surface area contributed by atoms with Gasteiger partial charge in [0.05, 0.1) is 13.2 Å². The second kappa shape index (κ2) is 9.06. The topological polar surface area (TPSA) is 77.4 Å². The van der Waals surface area contributed by atoms with Crippen molar-refractivity contribution in [1.82, 2.24) is 10.2 Å². The maximum atomic E-state index is 12.2. The maximum absolute atomic E-state index is 12.2. The first kappa shape index (κ1) is 18.0. The van der Waals surface area contributed by atoms with Gasteiger partial charge in [0, 0.05) is 38.1 Å². The van der Waals surface area contributed by atoms with Gasteiger partial charge in [0.25, 0.3) is 5.91 Å². The molecule has 1 heterocycles. The summed E-state index contributed by atoms with van der Waals surface area (Å²) in [7, 11) is 0. The molecule has 1 aromatic rings. The average Bonchev–Trinajstić information content (AvgIpc) is 2.60. The molecule has 2 rings (SSSR count). The zero-order chi connectivity index (χ0) is 17.4. The first-order chi connectivity index (χ1) is 11.6. The zero-order valence-electron chi connectivity index (χ0n) is 14.3. The molecule has 1 aliphatic heterocycles. The van der Waals surface area contributed by atoms with Gasteiger partial charge in [-0.2, -0.15) is 5.26 Å². The van der Waals surface area contributed by atoms with Crippen molar-refractivity contribution in [3.63, 3.8) is 0 Å². The van der Waals surface area contributed by atoms with E-state index in [0.717, 1.165) is 49.7 Å². The number of benzene rings is 1. The summed E-state index contributed by atoms with van der Waals surface area (Å²) in [4.78, 5) is 14.5. The van der Waals surface area contributed by atoms with Crippen LogP contribution < -0.4 is 10.6 Å². The van der Waals surface area contributed by atoms with E-state index in [1.807, 2.05) is 38.1 Å².